The predicted octanol–water partition coefficient (Wildman–Crippen LogP) is 5.52. The minimum atomic E-state index is -1.87. The van der Waals surface area contributed by atoms with Crippen molar-refractivity contribution in [3.63, 3.8) is 0 Å². The highest BCUT2D eigenvalue weighted by Crippen LogP contribution is 2.26. The summed E-state index contributed by atoms with van der Waals surface area (Å²) in [4.78, 5) is 4.89. The zero-order valence-electron chi connectivity index (χ0n) is 21.2. The van der Waals surface area contributed by atoms with E-state index in [1.807, 2.05) is 0 Å². The van der Waals surface area contributed by atoms with E-state index >= 15 is 0 Å². The molecule has 174 valence electrons. The van der Waals surface area contributed by atoms with Crippen LogP contribution in [0.2, 0.25) is 78.6 Å². The molecule has 0 aromatic carbocycles. The Labute approximate surface area is 184 Å². The Morgan fingerprint density at radius 3 is 1.48 bits per heavy atom. The van der Waals surface area contributed by atoms with Crippen molar-refractivity contribution in [2.75, 3.05) is 13.7 Å². The summed E-state index contributed by atoms with van der Waals surface area (Å²) in [5, 5.41) is 3.95. The van der Waals surface area contributed by atoms with Gasteiger partial charge in [0, 0.05) is 12.6 Å². The molecule has 0 spiro atoms. The van der Waals surface area contributed by atoms with Crippen molar-refractivity contribution in [2.24, 2.45) is 5.16 Å². The predicted molar refractivity (Wildman–Crippen MR) is 134 cm³/mol. The number of hydrogen-bond donors (Lipinski definition) is 0. The van der Waals surface area contributed by atoms with Gasteiger partial charge in [-0.25, -0.2) is 0 Å². The van der Waals surface area contributed by atoms with Gasteiger partial charge in [-0.2, -0.15) is 0 Å². The number of nitrogens with zero attached hydrogens (tertiary/aromatic N) is 1. The van der Waals surface area contributed by atoms with Gasteiger partial charge in [0.15, 0.2) is 33.3 Å². The molecule has 10 heteroatoms. The zero-order chi connectivity index (χ0) is 23.1. The molecule has 0 radical (unpaired) electrons. The first-order chi connectivity index (χ1) is 12.8. The molecular formula is C19H47NO5Si4. The van der Waals surface area contributed by atoms with Crippen LogP contribution in [0.25, 0.3) is 0 Å². The first kappa shape index (κ1) is 29.2. The fourth-order valence-electron chi connectivity index (χ4n) is 2.71. The van der Waals surface area contributed by atoms with Gasteiger partial charge in [0.25, 0.3) is 0 Å². The van der Waals surface area contributed by atoms with E-state index in [-0.39, 0.29) is 18.3 Å². The zero-order valence-corrected chi connectivity index (χ0v) is 25.2. The summed E-state index contributed by atoms with van der Waals surface area (Å²) in [6.07, 6.45) is 1.86. The summed E-state index contributed by atoms with van der Waals surface area (Å²) >= 11 is 0. The van der Waals surface area contributed by atoms with E-state index in [0.717, 1.165) is 0 Å². The summed E-state index contributed by atoms with van der Waals surface area (Å²) in [5.74, 6) is 0. The molecule has 0 fully saturated rings. The van der Waals surface area contributed by atoms with Crippen molar-refractivity contribution in [2.45, 2.75) is 103 Å². The van der Waals surface area contributed by atoms with Gasteiger partial charge in [-0.1, -0.05) is 5.16 Å². The highest BCUT2D eigenvalue weighted by atomic mass is 28.4. The van der Waals surface area contributed by atoms with Gasteiger partial charge in [-0.3, -0.25) is 0 Å². The molecule has 0 saturated heterocycles. The highest BCUT2D eigenvalue weighted by molar-refractivity contribution is 6.71. The van der Waals surface area contributed by atoms with Crippen LogP contribution in [0.1, 0.15) is 6.42 Å². The summed E-state index contributed by atoms with van der Waals surface area (Å²) in [5.41, 5.74) is 0. The van der Waals surface area contributed by atoms with Crippen molar-refractivity contribution >= 4 is 39.5 Å². The summed E-state index contributed by atoms with van der Waals surface area (Å²) in [6, 6.07) is 0. The van der Waals surface area contributed by atoms with Crippen molar-refractivity contribution < 1.29 is 22.5 Å². The van der Waals surface area contributed by atoms with E-state index in [1.54, 1.807) is 13.3 Å². The highest BCUT2D eigenvalue weighted by Gasteiger charge is 2.40. The Kier molecular flexibility index (Phi) is 11.8. The molecule has 0 aliphatic heterocycles. The topological polar surface area (TPSA) is 58.5 Å². The molecule has 0 unspecified atom stereocenters. The average Bonchev–Trinajstić information content (AvgIpc) is 2.44. The molecule has 29 heavy (non-hydrogen) atoms. The smallest absolute Gasteiger partial charge is 0.184 e. The monoisotopic (exact) mass is 481 g/mol. The van der Waals surface area contributed by atoms with Crippen LogP contribution in [0, 0.1) is 0 Å². The van der Waals surface area contributed by atoms with Gasteiger partial charge in [-0.15, -0.1) is 0 Å². The molecule has 3 atom stereocenters. The maximum absolute atomic E-state index is 6.72. The Bertz CT molecular complexity index is 493. The first-order valence-electron chi connectivity index (χ1n) is 10.6. The normalized spacial score (nSPS) is 17.4. The third-order valence-electron chi connectivity index (χ3n) is 3.43. The quantitative estimate of drug-likeness (QED) is 0.186. The Balaban J connectivity index is 6.01. The molecule has 0 aliphatic rings. The standard InChI is InChI=1S/C19H47NO5Si4/c1-21-20-15-14-17(23-27(5,6)7)19(25-29(11,12)13)18(24-28(8,9)10)16-22-26(2,3)4/h15,17-19H,14,16H2,1-13H3/t17-,18-,19+/m0/s1. The van der Waals surface area contributed by atoms with Gasteiger partial charge in [-0.05, 0) is 78.6 Å². The van der Waals surface area contributed by atoms with Crippen LogP contribution in [-0.2, 0) is 22.5 Å². The van der Waals surface area contributed by atoms with Gasteiger partial charge < -0.3 is 22.5 Å². The molecule has 0 heterocycles. The van der Waals surface area contributed by atoms with E-state index in [0.29, 0.717) is 13.0 Å². The van der Waals surface area contributed by atoms with Crippen LogP contribution < -0.4 is 0 Å². The number of hydrogen-bond acceptors (Lipinski definition) is 6. The van der Waals surface area contributed by atoms with Crippen LogP contribution in [0.5, 0.6) is 0 Å². The minimum Gasteiger partial charge on any atom is -0.415 e. The third kappa shape index (κ3) is 16.5. The number of oxime groups is 1. The second-order valence-electron chi connectivity index (χ2n) is 11.4. The molecular weight excluding hydrogens is 435 g/mol. The molecule has 0 rings (SSSR count). The maximum Gasteiger partial charge on any atom is 0.184 e. The molecule has 0 N–H and O–H groups in total. The SMILES string of the molecule is CON=CC[C@H](O[Si](C)(C)C)[C@@H](O[Si](C)(C)C)[C@H](CO[Si](C)(C)C)O[Si](C)(C)C. The van der Waals surface area contributed by atoms with Crippen LogP contribution in [0.3, 0.4) is 0 Å². The fourth-order valence-corrected chi connectivity index (χ4v) is 6.74. The molecule has 0 aromatic heterocycles. The molecule has 6 nitrogen and oxygen atoms in total. The lowest BCUT2D eigenvalue weighted by molar-refractivity contribution is -0.0469. The van der Waals surface area contributed by atoms with Gasteiger partial charge in [0.2, 0.25) is 0 Å². The lowest BCUT2D eigenvalue weighted by Gasteiger charge is -2.42. The Morgan fingerprint density at radius 2 is 1.10 bits per heavy atom. The second-order valence-corrected chi connectivity index (χ2v) is 29.3. The summed E-state index contributed by atoms with van der Waals surface area (Å²) < 4.78 is 26.3. The summed E-state index contributed by atoms with van der Waals surface area (Å²) in [7, 11) is -5.67. The Morgan fingerprint density at radius 1 is 0.655 bits per heavy atom. The molecule has 0 saturated carbocycles. The largest absolute Gasteiger partial charge is 0.415 e. The van der Waals surface area contributed by atoms with E-state index in [9.17, 15) is 0 Å². The second kappa shape index (κ2) is 11.7. The number of rotatable bonds is 14. The third-order valence-corrected chi connectivity index (χ3v) is 7.46. The van der Waals surface area contributed by atoms with Crippen molar-refractivity contribution in [1.29, 1.82) is 0 Å². The van der Waals surface area contributed by atoms with Crippen LogP contribution in [-0.4, -0.2) is 71.5 Å². The van der Waals surface area contributed by atoms with Gasteiger partial charge >= 0.3 is 0 Å². The van der Waals surface area contributed by atoms with E-state index < -0.39 is 33.3 Å². The van der Waals surface area contributed by atoms with E-state index in [1.165, 1.54) is 0 Å². The van der Waals surface area contributed by atoms with Gasteiger partial charge in [0.05, 0.1) is 24.9 Å². The van der Waals surface area contributed by atoms with E-state index in [4.69, 9.17) is 22.5 Å². The van der Waals surface area contributed by atoms with Crippen molar-refractivity contribution in [1.82, 2.24) is 0 Å². The molecule has 0 aromatic rings. The molecule has 0 aliphatic carbocycles. The van der Waals surface area contributed by atoms with Crippen LogP contribution in [0.4, 0.5) is 0 Å². The lowest BCUT2D eigenvalue weighted by Crippen LogP contribution is -2.55. The maximum atomic E-state index is 6.72. The van der Waals surface area contributed by atoms with Crippen molar-refractivity contribution in [3.05, 3.63) is 0 Å². The first-order valence-corrected chi connectivity index (χ1v) is 24.2. The van der Waals surface area contributed by atoms with Crippen LogP contribution in [0.15, 0.2) is 5.16 Å². The average molecular weight is 482 g/mol. The molecule has 0 bridgehead atoms. The minimum absolute atomic E-state index is 0.154. The van der Waals surface area contributed by atoms with Crippen molar-refractivity contribution in [3.8, 4) is 0 Å². The summed E-state index contributed by atoms with van der Waals surface area (Å²) in [6.45, 7) is 27.0. The Hall–Kier alpha value is 0.178. The lowest BCUT2D eigenvalue weighted by atomic mass is 10.1. The molecule has 0 amide bonds. The van der Waals surface area contributed by atoms with E-state index in [2.05, 4.69) is 83.7 Å². The fraction of sp³-hybridized carbons (Fsp3) is 0.947. The van der Waals surface area contributed by atoms with Gasteiger partial charge in [0.1, 0.15) is 7.11 Å². The van der Waals surface area contributed by atoms with Crippen LogP contribution >= 0.6 is 0 Å².